The number of aromatic hydroxyl groups is 1. The molecule has 0 amide bonds. The molecule has 4 aromatic rings. The van der Waals surface area contributed by atoms with Crippen LogP contribution in [0.4, 0.5) is 0 Å². The highest BCUT2D eigenvalue weighted by Gasteiger charge is 2.18. The van der Waals surface area contributed by atoms with Gasteiger partial charge in [0, 0.05) is 29.1 Å². The molecule has 0 radical (unpaired) electrons. The molecule has 1 aromatic heterocycles. The molecule has 0 bridgehead atoms. The van der Waals surface area contributed by atoms with Crippen LogP contribution in [0.3, 0.4) is 0 Å². The van der Waals surface area contributed by atoms with E-state index in [9.17, 15) is 10.4 Å². The molecule has 0 atom stereocenters. The maximum Gasteiger partial charge on any atom is 0.117 e. The molecule has 3 nitrogen and oxygen atoms in total. The van der Waals surface area contributed by atoms with Gasteiger partial charge in [0.15, 0.2) is 0 Å². The molecule has 1 N–H and O–H groups in total. The van der Waals surface area contributed by atoms with Crippen LogP contribution in [0.1, 0.15) is 23.6 Å². The fourth-order valence-corrected chi connectivity index (χ4v) is 3.46. The molecule has 134 valence electrons. The summed E-state index contributed by atoms with van der Waals surface area (Å²) in [4.78, 5) is 0. The Morgan fingerprint density at radius 1 is 0.893 bits per heavy atom. The second-order valence-electron chi connectivity index (χ2n) is 6.47. The van der Waals surface area contributed by atoms with Gasteiger partial charge in [-0.1, -0.05) is 42.2 Å². The SMILES string of the molecule is CCn1c(-c2ccc(C#Cc3ccccc3)cc2)c(C#N)c2ccc(O)cc21. The lowest BCUT2D eigenvalue weighted by Crippen LogP contribution is -1.97. The van der Waals surface area contributed by atoms with Crippen molar-refractivity contribution in [3.63, 3.8) is 0 Å². The number of nitriles is 1. The molecule has 0 unspecified atom stereocenters. The Morgan fingerprint density at radius 3 is 2.21 bits per heavy atom. The highest BCUT2D eigenvalue weighted by molar-refractivity contribution is 5.95. The van der Waals surface area contributed by atoms with Crippen LogP contribution in [0.25, 0.3) is 22.2 Å². The van der Waals surface area contributed by atoms with E-state index in [1.165, 1.54) is 0 Å². The fourth-order valence-electron chi connectivity index (χ4n) is 3.46. The normalized spacial score (nSPS) is 10.3. The minimum atomic E-state index is 0.197. The van der Waals surface area contributed by atoms with Crippen molar-refractivity contribution in [3.8, 4) is 34.9 Å². The van der Waals surface area contributed by atoms with E-state index in [1.54, 1.807) is 18.2 Å². The Balaban J connectivity index is 1.79. The number of hydrogen-bond acceptors (Lipinski definition) is 2. The van der Waals surface area contributed by atoms with Gasteiger partial charge in [0.2, 0.25) is 0 Å². The second-order valence-corrected chi connectivity index (χ2v) is 6.47. The predicted molar refractivity (Wildman–Crippen MR) is 112 cm³/mol. The van der Waals surface area contributed by atoms with E-state index in [0.29, 0.717) is 12.1 Å². The van der Waals surface area contributed by atoms with E-state index in [1.807, 2.05) is 61.5 Å². The minimum absolute atomic E-state index is 0.197. The van der Waals surface area contributed by atoms with E-state index in [4.69, 9.17) is 0 Å². The van der Waals surface area contributed by atoms with E-state index in [0.717, 1.165) is 33.3 Å². The Hall–Kier alpha value is -3.95. The average Bonchev–Trinajstić information content (AvgIpc) is 3.05. The van der Waals surface area contributed by atoms with Gasteiger partial charge in [0.1, 0.15) is 11.8 Å². The zero-order valence-corrected chi connectivity index (χ0v) is 15.5. The first-order valence-corrected chi connectivity index (χ1v) is 9.14. The molecule has 3 aromatic carbocycles. The molecule has 4 rings (SSSR count). The highest BCUT2D eigenvalue weighted by atomic mass is 16.3. The number of fused-ring (bicyclic) bond motifs is 1. The zero-order valence-electron chi connectivity index (χ0n) is 15.5. The van der Waals surface area contributed by atoms with Crippen molar-refractivity contribution < 1.29 is 5.11 Å². The second kappa shape index (κ2) is 7.35. The number of phenolic OH excluding ortho intramolecular Hbond substituents is 1. The molecule has 0 aliphatic rings. The van der Waals surface area contributed by atoms with Gasteiger partial charge in [-0.25, -0.2) is 0 Å². The lowest BCUT2D eigenvalue weighted by molar-refractivity contribution is 0.476. The van der Waals surface area contributed by atoms with Crippen molar-refractivity contribution in [1.29, 1.82) is 5.26 Å². The molecule has 0 saturated carbocycles. The van der Waals surface area contributed by atoms with Gasteiger partial charge in [-0.3, -0.25) is 0 Å². The van der Waals surface area contributed by atoms with Crippen LogP contribution >= 0.6 is 0 Å². The number of aryl methyl sites for hydroxylation is 1. The monoisotopic (exact) mass is 362 g/mol. The first-order chi connectivity index (χ1) is 13.7. The van der Waals surface area contributed by atoms with Crippen molar-refractivity contribution in [2.24, 2.45) is 0 Å². The summed E-state index contributed by atoms with van der Waals surface area (Å²) in [5.41, 5.74) is 5.21. The van der Waals surface area contributed by atoms with Gasteiger partial charge in [0.25, 0.3) is 0 Å². The summed E-state index contributed by atoms with van der Waals surface area (Å²) in [6, 6.07) is 25.3. The summed E-state index contributed by atoms with van der Waals surface area (Å²) in [6.07, 6.45) is 0. The minimum Gasteiger partial charge on any atom is -0.508 e. The van der Waals surface area contributed by atoms with Crippen LogP contribution in [-0.4, -0.2) is 9.67 Å². The molecule has 0 saturated heterocycles. The summed E-state index contributed by atoms with van der Waals surface area (Å²) in [7, 11) is 0. The fraction of sp³-hybridized carbons (Fsp3) is 0.0800. The van der Waals surface area contributed by atoms with Crippen LogP contribution in [0.5, 0.6) is 5.75 Å². The Labute approximate surface area is 164 Å². The summed E-state index contributed by atoms with van der Waals surface area (Å²) in [6.45, 7) is 2.74. The molecule has 0 fully saturated rings. The summed E-state index contributed by atoms with van der Waals surface area (Å²) >= 11 is 0. The van der Waals surface area contributed by atoms with Gasteiger partial charge in [-0.2, -0.15) is 5.26 Å². The molecule has 0 aliphatic carbocycles. The largest absolute Gasteiger partial charge is 0.508 e. The topological polar surface area (TPSA) is 49.0 Å². The van der Waals surface area contributed by atoms with E-state index >= 15 is 0 Å². The van der Waals surface area contributed by atoms with Gasteiger partial charge in [-0.05, 0) is 48.9 Å². The third kappa shape index (κ3) is 3.11. The number of aromatic nitrogens is 1. The summed E-state index contributed by atoms with van der Waals surface area (Å²) < 4.78 is 2.07. The maximum atomic E-state index is 9.87. The van der Waals surface area contributed by atoms with Gasteiger partial charge in [-0.15, -0.1) is 0 Å². The number of hydrogen-bond donors (Lipinski definition) is 1. The predicted octanol–water partition coefficient (Wildman–Crippen LogP) is 5.31. The third-order valence-electron chi connectivity index (χ3n) is 4.76. The lowest BCUT2D eigenvalue weighted by atomic mass is 10.0. The van der Waals surface area contributed by atoms with E-state index in [2.05, 4.69) is 22.5 Å². The number of benzene rings is 3. The van der Waals surface area contributed by atoms with Crippen molar-refractivity contribution in [1.82, 2.24) is 4.57 Å². The maximum absolute atomic E-state index is 9.87. The smallest absolute Gasteiger partial charge is 0.117 e. The number of nitrogens with zero attached hydrogens (tertiary/aromatic N) is 2. The Morgan fingerprint density at radius 2 is 1.57 bits per heavy atom. The summed E-state index contributed by atoms with van der Waals surface area (Å²) in [5, 5.41) is 20.5. The van der Waals surface area contributed by atoms with Crippen molar-refractivity contribution in [2.75, 3.05) is 0 Å². The van der Waals surface area contributed by atoms with E-state index < -0.39 is 0 Å². The lowest BCUT2D eigenvalue weighted by Gasteiger charge is -2.09. The first-order valence-electron chi connectivity index (χ1n) is 9.14. The molecule has 0 spiro atoms. The third-order valence-corrected chi connectivity index (χ3v) is 4.76. The number of rotatable bonds is 2. The molecule has 28 heavy (non-hydrogen) atoms. The van der Waals surface area contributed by atoms with Crippen molar-refractivity contribution in [3.05, 3.63) is 89.5 Å². The zero-order chi connectivity index (χ0) is 19.5. The van der Waals surface area contributed by atoms with Crippen LogP contribution < -0.4 is 0 Å². The standard InChI is InChI=1S/C25H18N2O/c1-2-27-24-16-21(28)14-15-22(24)23(17-26)25(27)20-12-10-19(11-13-20)9-8-18-6-4-3-5-7-18/h3-7,10-16,28H,2H2,1H3. The molecule has 0 aliphatic heterocycles. The van der Waals surface area contributed by atoms with Crippen molar-refractivity contribution >= 4 is 10.9 Å². The Kier molecular flexibility index (Phi) is 4.58. The van der Waals surface area contributed by atoms with Crippen LogP contribution in [0, 0.1) is 23.2 Å². The summed E-state index contributed by atoms with van der Waals surface area (Å²) in [5.74, 6) is 6.53. The molecular formula is C25H18N2O. The molecule has 3 heteroatoms. The highest BCUT2D eigenvalue weighted by Crippen LogP contribution is 2.35. The van der Waals surface area contributed by atoms with Crippen molar-refractivity contribution in [2.45, 2.75) is 13.5 Å². The number of phenols is 1. The quantitative estimate of drug-likeness (QED) is 0.492. The first kappa shape index (κ1) is 17.5. The van der Waals surface area contributed by atoms with Gasteiger partial charge in [0.05, 0.1) is 16.8 Å². The van der Waals surface area contributed by atoms with Gasteiger partial charge >= 0.3 is 0 Å². The van der Waals surface area contributed by atoms with Crippen LogP contribution in [-0.2, 0) is 6.54 Å². The average molecular weight is 362 g/mol. The molecular weight excluding hydrogens is 344 g/mol. The molecule has 1 heterocycles. The van der Waals surface area contributed by atoms with Crippen LogP contribution in [0.15, 0.2) is 72.8 Å². The van der Waals surface area contributed by atoms with E-state index in [-0.39, 0.29) is 5.75 Å². The van der Waals surface area contributed by atoms with Gasteiger partial charge < -0.3 is 9.67 Å². The Bertz CT molecular complexity index is 1250. The van der Waals surface area contributed by atoms with Crippen LogP contribution in [0.2, 0.25) is 0 Å².